The molecule has 0 aliphatic heterocycles. The molecule has 3 aromatic carbocycles. The van der Waals surface area contributed by atoms with Crippen molar-refractivity contribution in [1.29, 1.82) is 0 Å². The smallest absolute Gasteiger partial charge is 0.225 e. The van der Waals surface area contributed by atoms with Crippen molar-refractivity contribution in [3.05, 3.63) is 90.4 Å². The summed E-state index contributed by atoms with van der Waals surface area (Å²) in [7, 11) is 1.64. The number of furan rings is 1. The van der Waals surface area contributed by atoms with E-state index < -0.39 is 0 Å². The van der Waals surface area contributed by atoms with E-state index in [9.17, 15) is 4.79 Å². The van der Waals surface area contributed by atoms with E-state index in [4.69, 9.17) is 14.1 Å². The number of rotatable bonds is 8. The fourth-order valence-corrected chi connectivity index (χ4v) is 5.12. The second kappa shape index (κ2) is 10.3. The molecule has 7 heteroatoms. The van der Waals surface area contributed by atoms with Crippen LogP contribution in [0.1, 0.15) is 37.7 Å². The predicted octanol–water partition coefficient (Wildman–Crippen LogP) is 6.98. The lowest BCUT2D eigenvalue weighted by molar-refractivity contribution is -0.121. The summed E-state index contributed by atoms with van der Waals surface area (Å²) in [6.07, 6.45) is 2.80. The number of methoxy groups -OCH3 is 1. The third kappa shape index (κ3) is 4.61. The number of hydrogen-bond acceptors (Lipinski definition) is 5. The number of aromatic nitrogens is 3. The number of carbonyl (C=O) groups excluding carboxylic acids is 1. The Bertz CT molecular complexity index is 1750. The van der Waals surface area contributed by atoms with Crippen LogP contribution < -0.4 is 10.1 Å². The van der Waals surface area contributed by atoms with Crippen LogP contribution in [-0.2, 0) is 11.2 Å². The van der Waals surface area contributed by atoms with Gasteiger partial charge in [0.15, 0.2) is 5.58 Å². The summed E-state index contributed by atoms with van der Waals surface area (Å²) < 4.78 is 11.8. The molecule has 0 saturated carbocycles. The normalized spacial score (nSPS) is 13.1. The first-order valence-corrected chi connectivity index (χ1v) is 13.2. The van der Waals surface area contributed by atoms with E-state index in [-0.39, 0.29) is 24.3 Å². The predicted molar refractivity (Wildman–Crippen MR) is 154 cm³/mol. The fourth-order valence-electron chi connectivity index (χ4n) is 5.12. The van der Waals surface area contributed by atoms with E-state index in [2.05, 4.69) is 29.1 Å². The lowest BCUT2D eigenvalue weighted by Gasteiger charge is -2.22. The summed E-state index contributed by atoms with van der Waals surface area (Å²) in [5.41, 5.74) is 4.99. The molecule has 0 spiro atoms. The molecule has 0 saturated heterocycles. The third-order valence-corrected chi connectivity index (χ3v) is 7.45. The van der Waals surface area contributed by atoms with E-state index in [1.165, 1.54) is 0 Å². The van der Waals surface area contributed by atoms with Gasteiger partial charge in [-0.15, -0.1) is 0 Å². The molecule has 7 nitrogen and oxygen atoms in total. The van der Waals surface area contributed by atoms with E-state index in [0.29, 0.717) is 11.3 Å². The van der Waals surface area contributed by atoms with Gasteiger partial charge in [0.05, 0.1) is 30.6 Å². The maximum Gasteiger partial charge on any atom is 0.225 e. The summed E-state index contributed by atoms with van der Waals surface area (Å²) in [6.45, 7) is 4.25. The number of para-hydroxylation sites is 2. The number of fused-ring (bicyclic) bond motifs is 4. The molecule has 39 heavy (non-hydrogen) atoms. The van der Waals surface area contributed by atoms with Gasteiger partial charge < -0.3 is 19.5 Å². The average Bonchev–Trinajstić information content (AvgIpc) is 3.57. The number of nitrogens with zero attached hydrogens (tertiary/aromatic N) is 2. The summed E-state index contributed by atoms with van der Waals surface area (Å²) in [5.74, 6) is 2.26. The lowest BCUT2D eigenvalue weighted by Crippen LogP contribution is -2.34. The molecule has 3 heterocycles. The molecule has 0 bridgehead atoms. The molecule has 0 unspecified atom stereocenters. The van der Waals surface area contributed by atoms with E-state index >= 15 is 0 Å². The molecule has 0 aliphatic carbocycles. The highest BCUT2D eigenvalue weighted by Gasteiger charge is 2.26. The van der Waals surface area contributed by atoms with Gasteiger partial charge in [0.25, 0.3) is 0 Å². The first-order valence-electron chi connectivity index (χ1n) is 13.2. The monoisotopic (exact) mass is 518 g/mol. The van der Waals surface area contributed by atoms with E-state index in [1.54, 1.807) is 13.3 Å². The van der Waals surface area contributed by atoms with Gasteiger partial charge >= 0.3 is 0 Å². The number of imidazole rings is 1. The zero-order valence-corrected chi connectivity index (χ0v) is 22.2. The van der Waals surface area contributed by atoms with Crippen molar-refractivity contribution >= 4 is 38.8 Å². The quantitative estimate of drug-likeness (QED) is 0.227. The van der Waals surface area contributed by atoms with Gasteiger partial charge in [-0.3, -0.25) is 9.78 Å². The van der Waals surface area contributed by atoms with Crippen molar-refractivity contribution in [1.82, 2.24) is 20.3 Å². The molecular formula is C32H30N4O3. The van der Waals surface area contributed by atoms with Crippen LogP contribution in [0.5, 0.6) is 5.75 Å². The number of hydrogen-bond donors (Lipinski definition) is 2. The van der Waals surface area contributed by atoms with Crippen LogP contribution in [-0.4, -0.2) is 28.0 Å². The zero-order chi connectivity index (χ0) is 26.9. The van der Waals surface area contributed by atoms with Crippen molar-refractivity contribution in [3.8, 4) is 17.1 Å². The Kier molecular flexibility index (Phi) is 6.49. The van der Waals surface area contributed by atoms with Crippen LogP contribution >= 0.6 is 0 Å². The number of ether oxygens (including phenoxy) is 1. The minimum atomic E-state index is -0.250. The van der Waals surface area contributed by atoms with E-state index in [1.807, 2.05) is 72.8 Å². The molecule has 0 radical (unpaired) electrons. The van der Waals surface area contributed by atoms with Gasteiger partial charge in [0.1, 0.15) is 22.9 Å². The van der Waals surface area contributed by atoms with Gasteiger partial charge in [-0.1, -0.05) is 50.6 Å². The lowest BCUT2D eigenvalue weighted by atomic mass is 9.97. The van der Waals surface area contributed by atoms with Crippen molar-refractivity contribution in [2.45, 2.75) is 32.7 Å². The maximum absolute atomic E-state index is 13.7. The number of nitrogens with one attached hydrogen (secondary N) is 2. The van der Waals surface area contributed by atoms with Crippen LogP contribution in [0.15, 0.2) is 83.4 Å². The van der Waals surface area contributed by atoms with Crippen LogP contribution in [0.25, 0.3) is 44.2 Å². The van der Waals surface area contributed by atoms with Gasteiger partial charge in [0.2, 0.25) is 5.91 Å². The Morgan fingerprint density at radius 1 is 1.05 bits per heavy atom. The van der Waals surface area contributed by atoms with Gasteiger partial charge in [-0.05, 0) is 48.4 Å². The van der Waals surface area contributed by atoms with Crippen LogP contribution in [0.3, 0.4) is 0 Å². The SMILES string of the molecule is CC[C@H](C)[C@H](NC(=O)Cc1c(-c2ccc(OC)cc2)oc2c1ccc1cccnc12)c1nc2ccccc2[nH]1. The molecule has 1 amide bonds. The Hall–Kier alpha value is -4.65. The van der Waals surface area contributed by atoms with E-state index in [0.717, 1.165) is 56.4 Å². The second-order valence-corrected chi connectivity index (χ2v) is 9.90. The fraction of sp³-hybridized carbons (Fsp3) is 0.219. The molecule has 2 atom stereocenters. The number of carbonyl (C=O) groups is 1. The Balaban J connectivity index is 1.40. The Morgan fingerprint density at radius 2 is 1.87 bits per heavy atom. The van der Waals surface area contributed by atoms with Crippen LogP contribution in [0.2, 0.25) is 0 Å². The number of aromatic amines is 1. The molecule has 0 aliphatic rings. The minimum absolute atomic E-state index is 0.0978. The largest absolute Gasteiger partial charge is 0.497 e. The maximum atomic E-state index is 13.7. The van der Waals surface area contributed by atoms with Crippen molar-refractivity contribution in [3.63, 3.8) is 0 Å². The molecular weight excluding hydrogens is 488 g/mol. The molecule has 6 aromatic rings. The van der Waals surface area contributed by atoms with Crippen molar-refractivity contribution < 1.29 is 13.9 Å². The Labute approximate surface area is 226 Å². The highest BCUT2D eigenvalue weighted by atomic mass is 16.5. The average molecular weight is 519 g/mol. The number of H-pyrrole nitrogens is 1. The van der Waals surface area contributed by atoms with Gasteiger partial charge in [-0.2, -0.15) is 0 Å². The topological polar surface area (TPSA) is 93.0 Å². The summed E-state index contributed by atoms with van der Waals surface area (Å²) in [4.78, 5) is 26.5. The molecule has 0 fully saturated rings. The second-order valence-electron chi connectivity index (χ2n) is 9.90. The summed E-state index contributed by atoms with van der Waals surface area (Å²) >= 11 is 0. The Morgan fingerprint density at radius 3 is 2.64 bits per heavy atom. The van der Waals surface area contributed by atoms with Crippen LogP contribution in [0, 0.1) is 5.92 Å². The molecule has 2 N–H and O–H groups in total. The molecule has 6 rings (SSSR count). The number of pyridine rings is 1. The first-order chi connectivity index (χ1) is 19.1. The third-order valence-electron chi connectivity index (χ3n) is 7.45. The highest BCUT2D eigenvalue weighted by molar-refractivity contribution is 6.06. The minimum Gasteiger partial charge on any atom is -0.497 e. The van der Waals surface area contributed by atoms with Crippen molar-refractivity contribution in [2.24, 2.45) is 5.92 Å². The molecule has 196 valence electrons. The van der Waals surface area contributed by atoms with Crippen LogP contribution in [0.4, 0.5) is 0 Å². The highest BCUT2D eigenvalue weighted by Crippen LogP contribution is 2.38. The summed E-state index contributed by atoms with van der Waals surface area (Å²) in [5, 5.41) is 5.14. The number of benzene rings is 3. The van der Waals surface area contributed by atoms with Crippen molar-refractivity contribution in [2.75, 3.05) is 7.11 Å². The summed E-state index contributed by atoms with van der Waals surface area (Å²) in [6, 6.07) is 23.3. The molecule has 3 aromatic heterocycles. The van der Waals surface area contributed by atoms with Gasteiger partial charge in [0, 0.05) is 28.1 Å². The van der Waals surface area contributed by atoms with Gasteiger partial charge in [-0.25, -0.2) is 4.98 Å². The standard InChI is InChI=1S/C32H30N4O3/c1-4-19(2)28(32-34-25-9-5-6-10-26(25)35-32)36-27(37)18-24-23-16-13-20-8-7-17-33-29(20)31(23)39-30(24)21-11-14-22(38-3)15-12-21/h5-17,19,28H,4,18H2,1-3H3,(H,34,35)(H,36,37)/t19-,28-/m0/s1. The zero-order valence-electron chi connectivity index (χ0n) is 22.2. The first kappa shape index (κ1) is 24.7. The number of amides is 1.